The van der Waals surface area contributed by atoms with E-state index in [0.29, 0.717) is 5.69 Å². The van der Waals surface area contributed by atoms with Crippen molar-refractivity contribution >= 4 is 23.6 Å². The number of primary amides is 1. The Labute approximate surface area is 115 Å². The highest BCUT2D eigenvalue weighted by Gasteiger charge is 2.38. The van der Waals surface area contributed by atoms with Gasteiger partial charge in [-0.1, -0.05) is 18.2 Å². The first-order chi connectivity index (χ1) is 9.59. The molecule has 1 unspecified atom stereocenters. The molecule has 106 valence electrons. The number of ether oxygens (including phenoxy) is 1. The number of imide groups is 1. The Morgan fingerprint density at radius 3 is 2.70 bits per heavy atom. The second-order valence-electron chi connectivity index (χ2n) is 4.28. The molecular formula is C13H15N3O4. The first-order valence-corrected chi connectivity index (χ1v) is 6.17. The molecule has 7 heteroatoms. The van der Waals surface area contributed by atoms with Crippen LogP contribution < -0.4 is 16.0 Å². The summed E-state index contributed by atoms with van der Waals surface area (Å²) in [6, 6.07) is 8.14. The van der Waals surface area contributed by atoms with E-state index in [1.807, 2.05) is 6.07 Å². The van der Waals surface area contributed by atoms with Crippen LogP contribution in [0.2, 0.25) is 0 Å². The number of rotatable bonds is 5. The van der Waals surface area contributed by atoms with Crippen molar-refractivity contribution in [2.24, 2.45) is 5.73 Å². The third kappa shape index (κ3) is 3.12. The molecule has 1 aliphatic heterocycles. The fourth-order valence-electron chi connectivity index (χ4n) is 2.02. The molecule has 3 amide bonds. The molecule has 1 fully saturated rings. The highest BCUT2D eigenvalue weighted by molar-refractivity contribution is 6.22. The van der Waals surface area contributed by atoms with Crippen molar-refractivity contribution in [3.63, 3.8) is 0 Å². The van der Waals surface area contributed by atoms with Crippen molar-refractivity contribution in [3.05, 3.63) is 30.3 Å². The van der Waals surface area contributed by atoms with Gasteiger partial charge in [0.15, 0.2) is 0 Å². The predicted molar refractivity (Wildman–Crippen MR) is 70.9 cm³/mol. The van der Waals surface area contributed by atoms with Crippen LogP contribution in [-0.2, 0) is 14.3 Å². The first-order valence-electron chi connectivity index (χ1n) is 6.17. The molecule has 1 aliphatic rings. The highest BCUT2D eigenvalue weighted by Crippen LogP contribution is 2.22. The topological polar surface area (TPSA) is 102 Å². The zero-order chi connectivity index (χ0) is 14.5. The standard InChI is InChI=1S/C13H15N3O4/c14-13(19)20-7-6-15-10-8-11(17)16(12(10)18)9-4-2-1-3-5-9/h1-5,10,15H,6-8H2,(H2,14,19). The van der Waals surface area contributed by atoms with Crippen molar-refractivity contribution in [2.45, 2.75) is 12.5 Å². The van der Waals surface area contributed by atoms with Crippen LogP contribution in [0, 0.1) is 0 Å². The monoisotopic (exact) mass is 277 g/mol. The van der Waals surface area contributed by atoms with E-state index in [1.54, 1.807) is 24.3 Å². The van der Waals surface area contributed by atoms with E-state index < -0.39 is 12.1 Å². The van der Waals surface area contributed by atoms with Crippen molar-refractivity contribution in [1.82, 2.24) is 5.32 Å². The maximum absolute atomic E-state index is 12.2. The summed E-state index contributed by atoms with van der Waals surface area (Å²) in [4.78, 5) is 35.6. The van der Waals surface area contributed by atoms with Crippen molar-refractivity contribution < 1.29 is 19.1 Å². The number of para-hydroxylation sites is 1. The molecule has 20 heavy (non-hydrogen) atoms. The summed E-state index contributed by atoms with van der Waals surface area (Å²) in [5, 5.41) is 2.87. The van der Waals surface area contributed by atoms with E-state index in [1.165, 1.54) is 0 Å². The van der Waals surface area contributed by atoms with Crippen LogP contribution in [0.4, 0.5) is 10.5 Å². The number of nitrogens with one attached hydrogen (secondary N) is 1. The van der Waals surface area contributed by atoms with Gasteiger partial charge < -0.3 is 15.8 Å². The molecule has 0 radical (unpaired) electrons. The Balaban J connectivity index is 1.94. The molecule has 1 aromatic rings. The Morgan fingerprint density at radius 2 is 2.05 bits per heavy atom. The Hall–Kier alpha value is -2.41. The SMILES string of the molecule is NC(=O)OCCNC1CC(=O)N(c2ccccc2)C1=O. The highest BCUT2D eigenvalue weighted by atomic mass is 16.5. The number of nitrogens with two attached hydrogens (primary N) is 1. The number of nitrogens with zero attached hydrogens (tertiary/aromatic N) is 1. The summed E-state index contributed by atoms with van der Waals surface area (Å²) in [6.45, 7) is 0.313. The summed E-state index contributed by atoms with van der Waals surface area (Å²) in [5.74, 6) is -0.560. The maximum atomic E-state index is 12.2. The third-order valence-electron chi connectivity index (χ3n) is 2.90. The van der Waals surface area contributed by atoms with Gasteiger partial charge in [-0.25, -0.2) is 9.69 Å². The summed E-state index contributed by atoms with van der Waals surface area (Å²) < 4.78 is 4.54. The number of carbonyl (C=O) groups excluding carboxylic acids is 3. The maximum Gasteiger partial charge on any atom is 0.404 e. The average molecular weight is 277 g/mol. The molecule has 2 rings (SSSR count). The number of carbonyl (C=O) groups is 3. The molecule has 0 aromatic heterocycles. The van der Waals surface area contributed by atoms with E-state index in [4.69, 9.17) is 5.73 Å². The fraction of sp³-hybridized carbons (Fsp3) is 0.308. The smallest absolute Gasteiger partial charge is 0.404 e. The van der Waals surface area contributed by atoms with Gasteiger partial charge in [0, 0.05) is 6.54 Å². The normalized spacial score (nSPS) is 18.4. The minimum atomic E-state index is -0.869. The summed E-state index contributed by atoms with van der Waals surface area (Å²) in [7, 11) is 0. The van der Waals surface area contributed by atoms with Crippen LogP contribution in [-0.4, -0.2) is 37.1 Å². The second kappa shape index (κ2) is 6.16. The van der Waals surface area contributed by atoms with Crippen LogP contribution in [0.5, 0.6) is 0 Å². The number of benzene rings is 1. The van der Waals surface area contributed by atoms with Gasteiger partial charge in [-0.15, -0.1) is 0 Å². The molecule has 1 aromatic carbocycles. The minimum absolute atomic E-state index is 0.0542. The van der Waals surface area contributed by atoms with E-state index in [9.17, 15) is 14.4 Å². The summed E-state index contributed by atoms with van der Waals surface area (Å²) >= 11 is 0. The zero-order valence-electron chi connectivity index (χ0n) is 10.7. The number of amides is 3. The summed E-state index contributed by atoms with van der Waals surface area (Å²) in [6.07, 6.45) is -0.781. The van der Waals surface area contributed by atoms with Gasteiger partial charge in [-0.2, -0.15) is 0 Å². The Kier molecular flexibility index (Phi) is 4.31. The Bertz CT molecular complexity index is 518. The molecule has 3 N–H and O–H groups in total. The molecule has 1 heterocycles. The van der Waals surface area contributed by atoms with E-state index in [2.05, 4.69) is 10.1 Å². The fourth-order valence-corrected chi connectivity index (χ4v) is 2.02. The third-order valence-corrected chi connectivity index (χ3v) is 2.90. The van der Waals surface area contributed by atoms with Gasteiger partial charge in [-0.3, -0.25) is 9.59 Å². The van der Waals surface area contributed by atoms with Gasteiger partial charge in [0.25, 0.3) is 5.91 Å². The van der Waals surface area contributed by atoms with Crippen LogP contribution in [0.15, 0.2) is 30.3 Å². The van der Waals surface area contributed by atoms with E-state index in [0.717, 1.165) is 4.90 Å². The number of hydrogen-bond acceptors (Lipinski definition) is 5. The Morgan fingerprint density at radius 1 is 1.35 bits per heavy atom. The minimum Gasteiger partial charge on any atom is -0.448 e. The summed E-state index contributed by atoms with van der Waals surface area (Å²) in [5.41, 5.74) is 5.37. The predicted octanol–water partition coefficient (Wildman–Crippen LogP) is 0.00340. The molecule has 0 aliphatic carbocycles. The molecule has 0 spiro atoms. The quantitative estimate of drug-likeness (QED) is 0.583. The van der Waals surface area contributed by atoms with Crippen molar-refractivity contribution in [1.29, 1.82) is 0 Å². The van der Waals surface area contributed by atoms with Crippen LogP contribution >= 0.6 is 0 Å². The van der Waals surface area contributed by atoms with Gasteiger partial charge in [0.2, 0.25) is 5.91 Å². The number of anilines is 1. The molecule has 0 bridgehead atoms. The lowest BCUT2D eigenvalue weighted by atomic mass is 10.2. The van der Waals surface area contributed by atoms with Gasteiger partial charge in [0.1, 0.15) is 6.61 Å². The molecule has 1 atom stereocenters. The van der Waals surface area contributed by atoms with Gasteiger partial charge >= 0.3 is 6.09 Å². The zero-order valence-corrected chi connectivity index (χ0v) is 10.7. The molecular weight excluding hydrogens is 262 g/mol. The van der Waals surface area contributed by atoms with Crippen LogP contribution in [0.3, 0.4) is 0 Å². The lowest BCUT2D eigenvalue weighted by Crippen LogP contribution is -2.40. The van der Waals surface area contributed by atoms with Crippen LogP contribution in [0.25, 0.3) is 0 Å². The second-order valence-corrected chi connectivity index (χ2v) is 4.28. The van der Waals surface area contributed by atoms with Gasteiger partial charge in [0.05, 0.1) is 18.2 Å². The number of hydrogen-bond donors (Lipinski definition) is 2. The lowest BCUT2D eigenvalue weighted by molar-refractivity contribution is -0.121. The van der Waals surface area contributed by atoms with Crippen LogP contribution in [0.1, 0.15) is 6.42 Å². The average Bonchev–Trinajstić information content (AvgIpc) is 2.70. The van der Waals surface area contributed by atoms with Crippen molar-refractivity contribution in [3.8, 4) is 0 Å². The van der Waals surface area contributed by atoms with Crippen molar-refractivity contribution in [2.75, 3.05) is 18.1 Å². The molecule has 7 nitrogen and oxygen atoms in total. The molecule has 0 saturated carbocycles. The largest absolute Gasteiger partial charge is 0.448 e. The van der Waals surface area contributed by atoms with Gasteiger partial charge in [-0.05, 0) is 12.1 Å². The van der Waals surface area contributed by atoms with E-state index in [-0.39, 0.29) is 31.4 Å². The molecule has 1 saturated heterocycles. The van der Waals surface area contributed by atoms with E-state index >= 15 is 0 Å². The lowest BCUT2D eigenvalue weighted by Gasteiger charge is -2.15. The first kappa shape index (κ1) is 14.0.